The number of nitrogens with zero attached hydrogens (tertiary/aromatic N) is 3. The highest BCUT2D eigenvalue weighted by Crippen LogP contribution is 2.26. The van der Waals surface area contributed by atoms with E-state index in [4.69, 9.17) is 0 Å². The molecule has 0 aliphatic carbocycles. The number of benzene rings is 1. The van der Waals surface area contributed by atoms with Crippen LogP contribution in [0.4, 0.5) is 0 Å². The van der Waals surface area contributed by atoms with Crippen molar-refractivity contribution in [2.45, 2.75) is 32.4 Å². The van der Waals surface area contributed by atoms with Gasteiger partial charge in [0.05, 0.1) is 17.5 Å². The molecule has 4 rings (SSSR count). The number of sulfone groups is 1. The summed E-state index contributed by atoms with van der Waals surface area (Å²) in [6, 6.07) is 9.80. The maximum absolute atomic E-state index is 12.8. The van der Waals surface area contributed by atoms with Crippen LogP contribution in [0.15, 0.2) is 30.3 Å². The summed E-state index contributed by atoms with van der Waals surface area (Å²) in [7, 11) is -2.98. The Morgan fingerprint density at radius 3 is 2.72 bits per heavy atom. The molecule has 1 amide bonds. The van der Waals surface area contributed by atoms with E-state index < -0.39 is 9.84 Å². The molecular formula is C18H21N3O3S. The quantitative estimate of drug-likeness (QED) is 0.819. The second kappa shape index (κ2) is 5.98. The Labute approximate surface area is 147 Å². The minimum atomic E-state index is -2.98. The highest BCUT2D eigenvalue weighted by molar-refractivity contribution is 7.91. The smallest absolute Gasteiger partial charge is 0.274 e. The molecule has 2 aliphatic rings. The molecule has 1 atom stereocenters. The lowest BCUT2D eigenvalue weighted by Crippen LogP contribution is -2.36. The zero-order valence-corrected chi connectivity index (χ0v) is 15.0. The first-order valence-electron chi connectivity index (χ1n) is 8.55. The van der Waals surface area contributed by atoms with Crippen LogP contribution in [-0.2, 0) is 22.8 Å². The summed E-state index contributed by atoms with van der Waals surface area (Å²) in [5, 5.41) is 4.45. The lowest BCUT2D eigenvalue weighted by molar-refractivity contribution is 0.0727. The molecule has 1 saturated heterocycles. The number of amides is 1. The van der Waals surface area contributed by atoms with Crippen LogP contribution in [0, 0.1) is 6.92 Å². The van der Waals surface area contributed by atoms with Crippen LogP contribution in [0.25, 0.3) is 0 Å². The number of aromatic nitrogens is 2. The van der Waals surface area contributed by atoms with E-state index in [-0.39, 0.29) is 23.5 Å². The van der Waals surface area contributed by atoms with E-state index in [2.05, 4.69) is 17.2 Å². The Bertz CT molecular complexity index is 933. The molecule has 1 fully saturated rings. The number of hydrogen-bond acceptors (Lipinski definition) is 4. The van der Waals surface area contributed by atoms with Gasteiger partial charge in [-0.15, -0.1) is 0 Å². The fourth-order valence-corrected chi connectivity index (χ4v) is 5.45. The molecule has 0 spiro atoms. The lowest BCUT2D eigenvalue weighted by Gasteiger charge is -2.28. The maximum Gasteiger partial charge on any atom is 0.274 e. The number of carbonyl (C=O) groups is 1. The number of fused-ring (bicyclic) bond motifs is 1. The molecule has 132 valence electrons. The van der Waals surface area contributed by atoms with E-state index in [1.165, 1.54) is 11.1 Å². The van der Waals surface area contributed by atoms with Crippen molar-refractivity contribution in [3.8, 4) is 0 Å². The lowest BCUT2D eigenvalue weighted by atomic mass is 10.00. The van der Waals surface area contributed by atoms with Crippen LogP contribution < -0.4 is 0 Å². The monoisotopic (exact) mass is 359 g/mol. The Morgan fingerprint density at radius 2 is 2.00 bits per heavy atom. The van der Waals surface area contributed by atoms with E-state index in [1.54, 1.807) is 10.7 Å². The average Bonchev–Trinajstić information content (AvgIpc) is 3.16. The van der Waals surface area contributed by atoms with Gasteiger partial charge in [0, 0.05) is 18.8 Å². The number of aryl methyl sites for hydroxylation is 1. The second-order valence-corrected chi connectivity index (χ2v) is 9.15. The molecule has 0 saturated carbocycles. The first-order valence-corrected chi connectivity index (χ1v) is 10.4. The average molecular weight is 359 g/mol. The SMILES string of the molecule is Cc1cc(C(=O)N2CCc3ccccc3C2)nn1C1CCS(=O)(=O)C1. The van der Waals surface area contributed by atoms with Crippen molar-refractivity contribution < 1.29 is 13.2 Å². The molecule has 3 heterocycles. The van der Waals surface area contributed by atoms with Crippen LogP contribution in [-0.4, -0.2) is 47.1 Å². The van der Waals surface area contributed by atoms with Crippen molar-refractivity contribution >= 4 is 15.7 Å². The van der Waals surface area contributed by atoms with Gasteiger partial charge in [0.25, 0.3) is 5.91 Å². The van der Waals surface area contributed by atoms with Gasteiger partial charge in [0.15, 0.2) is 15.5 Å². The summed E-state index contributed by atoms with van der Waals surface area (Å²) < 4.78 is 25.1. The van der Waals surface area contributed by atoms with Crippen molar-refractivity contribution in [2.24, 2.45) is 0 Å². The molecule has 0 N–H and O–H groups in total. The van der Waals surface area contributed by atoms with Gasteiger partial charge in [0.2, 0.25) is 0 Å². The third-order valence-electron chi connectivity index (χ3n) is 5.11. The fourth-order valence-electron chi connectivity index (χ4n) is 3.76. The summed E-state index contributed by atoms with van der Waals surface area (Å²) >= 11 is 0. The minimum Gasteiger partial charge on any atom is -0.333 e. The molecule has 0 radical (unpaired) electrons. The fraction of sp³-hybridized carbons (Fsp3) is 0.444. The van der Waals surface area contributed by atoms with Crippen LogP contribution in [0.2, 0.25) is 0 Å². The molecule has 1 aromatic carbocycles. The Morgan fingerprint density at radius 1 is 1.24 bits per heavy atom. The first kappa shape index (κ1) is 16.3. The Balaban J connectivity index is 1.55. The molecule has 2 aliphatic heterocycles. The van der Waals surface area contributed by atoms with Crippen molar-refractivity contribution in [1.82, 2.24) is 14.7 Å². The molecule has 1 unspecified atom stereocenters. The normalized spacial score (nSPS) is 22.0. The number of rotatable bonds is 2. The molecule has 1 aromatic heterocycles. The number of carbonyl (C=O) groups excluding carboxylic acids is 1. The molecular weight excluding hydrogens is 338 g/mol. The first-order chi connectivity index (χ1) is 11.9. The topological polar surface area (TPSA) is 72.3 Å². The van der Waals surface area contributed by atoms with E-state index in [1.807, 2.05) is 24.0 Å². The molecule has 6 nitrogen and oxygen atoms in total. The van der Waals surface area contributed by atoms with E-state index >= 15 is 0 Å². The largest absolute Gasteiger partial charge is 0.333 e. The van der Waals surface area contributed by atoms with Crippen LogP contribution >= 0.6 is 0 Å². The molecule has 0 bridgehead atoms. The summed E-state index contributed by atoms with van der Waals surface area (Å²) in [5.74, 6) is 0.223. The maximum atomic E-state index is 12.8. The van der Waals surface area contributed by atoms with Gasteiger partial charge in [-0.1, -0.05) is 24.3 Å². The van der Waals surface area contributed by atoms with E-state index in [9.17, 15) is 13.2 Å². The standard InChI is InChI=1S/C18H21N3O3S/c1-13-10-17(19-21(13)16-7-9-25(23,24)12-16)18(22)20-8-6-14-4-2-3-5-15(14)11-20/h2-5,10,16H,6-9,11-12H2,1H3. The molecule has 7 heteroatoms. The van der Waals surface area contributed by atoms with Crippen LogP contribution in [0.5, 0.6) is 0 Å². The Kier molecular flexibility index (Phi) is 3.91. The summed E-state index contributed by atoms with van der Waals surface area (Å²) in [5.41, 5.74) is 3.72. The summed E-state index contributed by atoms with van der Waals surface area (Å²) in [6.07, 6.45) is 1.41. The van der Waals surface area contributed by atoms with Crippen molar-refractivity contribution in [3.05, 3.63) is 52.8 Å². The third kappa shape index (κ3) is 3.08. The zero-order chi connectivity index (χ0) is 17.6. The predicted molar refractivity (Wildman–Crippen MR) is 94.2 cm³/mol. The minimum absolute atomic E-state index is 0.0859. The van der Waals surface area contributed by atoms with E-state index in [0.717, 1.165) is 12.1 Å². The third-order valence-corrected chi connectivity index (χ3v) is 6.86. The van der Waals surface area contributed by atoms with Crippen LogP contribution in [0.3, 0.4) is 0 Å². The van der Waals surface area contributed by atoms with Crippen LogP contribution in [0.1, 0.15) is 39.8 Å². The zero-order valence-electron chi connectivity index (χ0n) is 14.2. The molecule has 2 aromatic rings. The second-order valence-electron chi connectivity index (χ2n) is 6.92. The highest BCUT2D eigenvalue weighted by Gasteiger charge is 2.32. The van der Waals surface area contributed by atoms with Crippen molar-refractivity contribution in [2.75, 3.05) is 18.1 Å². The van der Waals surface area contributed by atoms with Crippen molar-refractivity contribution in [1.29, 1.82) is 0 Å². The van der Waals surface area contributed by atoms with Gasteiger partial charge in [-0.3, -0.25) is 9.48 Å². The van der Waals surface area contributed by atoms with Gasteiger partial charge in [0.1, 0.15) is 0 Å². The number of hydrogen-bond donors (Lipinski definition) is 0. The van der Waals surface area contributed by atoms with Gasteiger partial charge in [-0.05, 0) is 37.0 Å². The van der Waals surface area contributed by atoms with Crippen molar-refractivity contribution in [3.63, 3.8) is 0 Å². The summed E-state index contributed by atoms with van der Waals surface area (Å²) in [4.78, 5) is 14.7. The Hall–Kier alpha value is -2.15. The molecule has 25 heavy (non-hydrogen) atoms. The van der Waals surface area contributed by atoms with Gasteiger partial charge < -0.3 is 4.90 Å². The highest BCUT2D eigenvalue weighted by atomic mass is 32.2. The van der Waals surface area contributed by atoms with Gasteiger partial charge in [-0.2, -0.15) is 5.10 Å². The van der Waals surface area contributed by atoms with E-state index in [0.29, 0.717) is 25.2 Å². The predicted octanol–water partition coefficient (Wildman–Crippen LogP) is 1.75. The van der Waals surface area contributed by atoms with Gasteiger partial charge >= 0.3 is 0 Å². The summed E-state index contributed by atoms with van der Waals surface area (Å²) in [6.45, 7) is 3.15. The van der Waals surface area contributed by atoms with Gasteiger partial charge in [-0.25, -0.2) is 8.42 Å².